The van der Waals surface area contributed by atoms with Crippen molar-refractivity contribution in [1.82, 2.24) is 0 Å². The molecule has 0 heterocycles. The lowest BCUT2D eigenvalue weighted by Crippen LogP contribution is -2.19. The molecule has 0 fully saturated rings. The summed E-state index contributed by atoms with van der Waals surface area (Å²) in [7, 11) is -1.18. The summed E-state index contributed by atoms with van der Waals surface area (Å²) >= 11 is 5.60. The molecule has 0 aliphatic carbocycles. The van der Waals surface area contributed by atoms with Gasteiger partial charge < -0.3 is 5.32 Å². The molecule has 3 nitrogen and oxygen atoms in total. The monoisotopic (exact) mass is 476 g/mol. The number of aryl methyl sites for hydroxylation is 1. The standard InChI is InChI=1S/C28H32N2OS2/c1-5-22-17-12-18-24(28(2,3)4)26(22)30-27(32)29-19-25(23-15-10-7-11-16-23)33(31)20-21-13-8-6-9-14-21/h6-19,25H,5,20H2,1-4H3,(H,30,32). The highest BCUT2D eigenvalue weighted by Gasteiger charge is 2.21. The molecule has 172 valence electrons. The Morgan fingerprint density at radius 3 is 2.24 bits per heavy atom. The zero-order chi connectivity index (χ0) is 23.8. The lowest BCUT2D eigenvalue weighted by Gasteiger charge is -2.25. The van der Waals surface area contributed by atoms with E-state index >= 15 is 0 Å². The van der Waals surface area contributed by atoms with Crippen LogP contribution in [0.3, 0.4) is 0 Å². The van der Waals surface area contributed by atoms with E-state index in [4.69, 9.17) is 12.2 Å². The van der Waals surface area contributed by atoms with E-state index < -0.39 is 10.8 Å². The average molecular weight is 477 g/mol. The van der Waals surface area contributed by atoms with Gasteiger partial charge in [-0.15, -0.1) is 0 Å². The number of hydrogen-bond donors (Lipinski definition) is 1. The van der Waals surface area contributed by atoms with Crippen LogP contribution in [-0.4, -0.2) is 15.5 Å². The molecule has 0 saturated heterocycles. The van der Waals surface area contributed by atoms with Crippen LogP contribution in [0.15, 0.2) is 83.9 Å². The van der Waals surface area contributed by atoms with Crippen molar-refractivity contribution in [2.45, 2.75) is 50.5 Å². The Morgan fingerprint density at radius 1 is 1.00 bits per heavy atom. The SMILES string of the molecule is CCc1cccc(C(C)(C)C)c1NC(=S)N=CC(c1ccccc1)S(=O)Cc1ccccc1. The van der Waals surface area contributed by atoms with Crippen molar-refractivity contribution in [2.24, 2.45) is 4.99 Å². The van der Waals surface area contributed by atoms with Gasteiger partial charge in [-0.25, -0.2) is 4.99 Å². The topological polar surface area (TPSA) is 41.5 Å². The molecule has 2 unspecified atom stereocenters. The van der Waals surface area contributed by atoms with Crippen LogP contribution in [0.2, 0.25) is 0 Å². The number of anilines is 1. The van der Waals surface area contributed by atoms with Gasteiger partial charge >= 0.3 is 0 Å². The highest BCUT2D eigenvalue weighted by Crippen LogP contribution is 2.32. The molecule has 0 aliphatic rings. The molecule has 3 aromatic carbocycles. The van der Waals surface area contributed by atoms with Gasteiger partial charge in [-0.05, 0) is 46.3 Å². The zero-order valence-corrected chi connectivity index (χ0v) is 21.4. The van der Waals surface area contributed by atoms with Crippen molar-refractivity contribution < 1.29 is 4.21 Å². The van der Waals surface area contributed by atoms with E-state index in [-0.39, 0.29) is 10.7 Å². The number of para-hydroxylation sites is 1. The second kappa shape index (κ2) is 11.5. The number of nitrogens with one attached hydrogen (secondary N) is 1. The third kappa shape index (κ3) is 6.92. The molecule has 0 radical (unpaired) electrons. The second-order valence-electron chi connectivity index (χ2n) is 8.99. The summed E-state index contributed by atoms with van der Waals surface area (Å²) in [5.41, 5.74) is 5.40. The first-order valence-corrected chi connectivity index (χ1v) is 13.0. The van der Waals surface area contributed by atoms with Gasteiger partial charge in [-0.3, -0.25) is 4.21 Å². The lowest BCUT2D eigenvalue weighted by atomic mass is 9.84. The third-order valence-electron chi connectivity index (χ3n) is 5.46. The van der Waals surface area contributed by atoms with Gasteiger partial charge in [-0.2, -0.15) is 0 Å². The van der Waals surface area contributed by atoms with Crippen LogP contribution in [0.4, 0.5) is 5.69 Å². The number of thiocarbonyl (C=S) groups is 1. The maximum absolute atomic E-state index is 13.3. The number of nitrogens with zero attached hydrogens (tertiary/aromatic N) is 1. The third-order valence-corrected chi connectivity index (χ3v) is 7.25. The van der Waals surface area contributed by atoms with Gasteiger partial charge in [0.2, 0.25) is 0 Å². The van der Waals surface area contributed by atoms with Gasteiger partial charge in [0.25, 0.3) is 0 Å². The van der Waals surface area contributed by atoms with Crippen molar-refractivity contribution in [1.29, 1.82) is 0 Å². The van der Waals surface area contributed by atoms with Gasteiger partial charge in [-0.1, -0.05) is 107 Å². The Balaban J connectivity index is 1.85. The van der Waals surface area contributed by atoms with Crippen LogP contribution in [0.5, 0.6) is 0 Å². The van der Waals surface area contributed by atoms with Gasteiger partial charge in [0, 0.05) is 28.5 Å². The van der Waals surface area contributed by atoms with E-state index in [9.17, 15) is 4.21 Å². The Labute approximate surface area is 205 Å². The second-order valence-corrected chi connectivity index (χ2v) is 10.9. The first kappa shape index (κ1) is 25.0. The fourth-order valence-electron chi connectivity index (χ4n) is 3.72. The highest BCUT2D eigenvalue weighted by atomic mass is 32.2. The Morgan fingerprint density at radius 2 is 1.64 bits per heavy atom. The van der Waals surface area contributed by atoms with Crippen molar-refractivity contribution >= 4 is 40.0 Å². The van der Waals surface area contributed by atoms with E-state index in [1.807, 2.05) is 60.7 Å². The molecule has 0 aliphatic heterocycles. The van der Waals surface area contributed by atoms with Crippen LogP contribution in [-0.2, 0) is 28.4 Å². The van der Waals surface area contributed by atoms with Crippen molar-refractivity contribution in [3.8, 4) is 0 Å². The maximum Gasteiger partial charge on any atom is 0.196 e. The Hall–Kier alpha value is -2.63. The smallest absolute Gasteiger partial charge is 0.196 e. The molecule has 0 amide bonds. The van der Waals surface area contributed by atoms with Crippen LogP contribution >= 0.6 is 12.2 Å². The molecule has 0 aromatic heterocycles. The van der Waals surface area contributed by atoms with E-state index in [0.29, 0.717) is 10.9 Å². The van der Waals surface area contributed by atoms with E-state index in [2.05, 4.69) is 56.2 Å². The fraction of sp³-hybridized carbons (Fsp3) is 0.286. The van der Waals surface area contributed by atoms with Gasteiger partial charge in [0.05, 0.1) is 5.25 Å². The average Bonchev–Trinajstić information content (AvgIpc) is 2.80. The molecule has 1 N–H and O–H groups in total. The van der Waals surface area contributed by atoms with Crippen LogP contribution in [0.25, 0.3) is 0 Å². The zero-order valence-electron chi connectivity index (χ0n) is 19.7. The minimum Gasteiger partial charge on any atom is -0.330 e. The summed E-state index contributed by atoms with van der Waals surface area (Å²) in [6.45, 7) is 8.71. The fourth-order valence-corrected chi connectivity index (χ4v) is 5.24. The normalized spacial score (nSPS) is 13.6. The Bertz CT molecular complexity index is 1120. The molecule has 3 aromatic rings. The van der Waals surface area contributed by atoms with E-state index in [0.717, 1.165) is 23.2 Å². The molecular formula is C28H32N2OS2. The number of hydrogen-bond acceptors (Lipinski definition) is 2. The number of rotatable bonds is 7. The van der Waals surface area contributed by atoms with Crippen molar-refractivity contribution in [3.63, 3.8) is 0 Å². The van der Waals surface area contributed by atoms with Crippen LogP contribution in [0.1, 0.15) is 55.2 Å². The summed E-state index contributed by atoms with van der Waals surface area (Å²) in [6.07, 6.45) is 2.63. The minimum absolute atomic E-state index is 0.0312. The summed E-state index contributed by atoms with van der Waals surface area (Å²) in [4.78, 5) is 4.56. The molecule has 0 spiro atoms. The Kier molecular flexibility index (Phi) is 8.70. The summed E-state index contributed by atoms with van der Waals surface area (Å²) in [5, 5.41) is 3.39. The van der Waals surface area contributed by atoms with Crippen molar-refractivity contribution in [3.05, 3.63) is 101 Å². The molecule has 33 heavy (non-hydrogen) atoms. The number of aliphatic imine (C=N–C) groups is 1. The van der Waals surface area contributed by atoms with E-state index in [1.54, 1.807) is 6.21 Å². The largest absolute Gasteiger partial charge is 0.330 e. The highest BCUT2D eigenvalue weighted by molar-refractivity contribution is 7.85. The maximum atomic E-state index is 13.3. The molecule has 0 bridgehead atoms. The van der Waals surface area contributed by atoms with Crippen LogP contribution in [0, 0.1) is 0 Å². The van der Waals surface area contributed by atoms with Gasteiger partial charge in [0.1, 0.15) is 0 Å². The molecule has 5 heteroatoms. The molecule has 0 saturated carbocycles. The van der Waals surface area contributed by atoms with E-state index in [1.165, 1.54) is 11.1 Å². The van der Waals surface area contributed by atoms with Crippen LogP contribution < -0.4 is 5.32 Å². The quantitative estimate of drug-likeness (QED) is 0.295. The summed E-state index contributed by atoms with van der Waals surface area (Å²) < 4.78 is 13.3. The first-order chi connectivity index (χ1) is 15.8. The summed E-state index contributed by atoms with van der Waals surface area (Å²) in [5.74, 6) is 0.458. The molecule has 2 atom stereocenters. The number of benzene rings is 3. The van der Waals surface area contributed by atoms with Crippen molar-refractivity contribution in [2.75, 3.05) is 5.32 Å². The first-order valence-electron chi connectivity index (χ1n) is 11.2. The summed E-state index contributed by atoms with van der Waals surface area (Å²) in [6, 6.07) is 26.1. The molecular weight excluding hydrogens is 444 g/mol. The predicted molar refractivity (Wildman–Crippen MR) is 147 cm³/mol. The minimum atomic E-state index is -1.18. The lowest BCUT2D eigenvalue weighted by molar-refractivity contribution is 0.591. The van der Waals surface area contributed by atoms with Gasteiger partial charge in [0.15, 0.2) is 5.11 Å². The predicted octanol–water partition coefficient (Wildman–Crippen LogP) is 7.00. The molecule has 3 rings (SSSR count).